The van der Waals surface area contributed by atoms with E-state index in [1.165, 1.54) is 6.92 Å². The minimum absolute atomic E-state index is 0.0630. The third-order valence-corrected chi connectivity index (χ3v) is 12.5. The summed E-state index contributed by atoms with van der Waals surface area (Å²) in [5.74, 6) is -5.27. The van der Waals surface area contributed by atoms with Gasteiger partial charge in [-0.2, -0.15) is 0 Å². The molecule has 3 rings (SSSR count). The van der Waals surface area contributed by atoms with Crippen LogP contribution in [-0.4, -0.2) is 93.8 Å². The molecule has 17 heteroatoms. The predicted molar refractivity (Wildman–Crippen MR) is 258 cm³/mol. The van der Waals surface area contributed by atoms with Crippen molar-refractivity contribution in [2.24, 2.45) is 17.4 Å². The number of carbonyl (C=O) groups excluding carboxylic acids is 7. The first-order valence-electron chi connectivity index (χ1n) is 24.7. The summed E-state index contributed by atoms with van der Waals surface area (Å²) in [6, 6.07) is 12.3. The average molecular weight is 948 g/mol. The van der Waals surface area contributed by atoms with Crippen LogP contribution < -0.4 is 38.1 Å². The Morgan fingerprint density at radius 2 is 0.956 bits per heavy atom. The summed E-state index contributed by atoms with van der Waals surface area (Å²) in [6.07, 6.45) is 15.5. The van der Waals surface area contributed by atoms with E-state index in [2.05, 4.69) is 26.6 Å². The highest BCUT2D eigenvalue weighted by molar-refractivity contribution is 5.95. The normalized spacial score (nSPS) is 15.3. The number of unbranched alkanes of at least 4 members (excludes halogenated alkanes) is 11. The molecule has 2 aromatic rings. The minimum atomic E-state index is -1.26. The van der Waals surface area contributed by atoms with Gasteiger partial charge in [-0.3, -0.25) is 33.6 Å². The zero-order valence-electron chi connectivity index (χ0n) is 39.9. The number of benzene rings is 2. The monoisotopic (exact) mass is 948 g/mol. The standard InChI is InChI=1S/C51H77N7O10/c1-35(59)46(50(66)57-41(32-37-25-17-13-18-26-37)49(65)56-39(47(52)63)31-36-23-15-12-16-24-36)58-44(61)30-22-11-9-7-5-3-2-4-6-8-10-21-29-43(60)54-40(48(53)64)34-45(62)55-42(51(67)68)33-38-27-19-14-20-28-38/h12,14-16,19-20,23-24,27-28,35,37,39-42,46,59H,2-11,13,17-18,21-22,25-26,29-34H2,1H3,(H2,52,63)(H2,53,64)(H,54,60)(H,55,62)(H,56,65)(H,57,66)(H,58,61)(H,67,68)/t35?,39-,40+,41+,42-,46-/m0/s1. The predicted octanol–water partition coefficient (Wildman–Crippen LogP) is 4.15. The molecule has 0 bridgehead atoms. The fraction of sp³-hybridized carbons (Fsp3) is 0.608. The van der Waals surface area contributed by atoms with E-state index < -0.39 is 84.1 Å². The van der Waals surface area contributed by atoms with Crippen molar-refractivity contribution in [3.8, 4) is 0 Å². The molecule has 0 radical (unpaired) electrons. The van der Waals surface area contributed by atoms with Crippen LogP contribution in [0.4, 0.5) is 0 Å². The molecule has 1 aliphatic rings. The molecule has 6 atom stereocenters. The van der Waals surface area contributed by atoms with Gasteiger partial charge in [0.05, 0.1) is 12.5 Å². The number of primary amides is 2. The van der Waals surface area contributed by atoms with Gasteiger partial charge in [-0.1, -0.05) is 157 Å². The quantitative estimate of drug-likeness (QED) is 0.0452. The van der Waals surface area contributed by atoms with E-state index >= 15 is 0 Å². The number of hydrogen-bond donors (Lipinski definition) is 9. The topological polar surface area (TPSA) is 289 Å². The maximum absolute atomic E-state index is 13.6. The lowest BCUT2D eigenvalue weighted by Gasteiger charge is -2.29. The molecule has 2 aromatic carbocycles. The summed E-state index contributed by atoms with van der Waals surface area (Å²) in [5.41, 5.74) is 12.6. The molecule has 17 nitrogen and oxygen atoms in total. The number of nitrogens with two attached hydrogens (primary N) is 2. The van der Waals surface area contributed by atoms with E-state index in [9.17, 15) is 48.6 Å². The van der Waals surface area contributed by atoms with Gasteiger partial charge in [-0.05, 0) is 43.2 Å². The highest BCUT2D eigenvalue weighted by Crippen LogP contribution is 2.27. The van der Waals surface area contributed by atoms with Crippen molar-refractivity contribution in [1.29, 1.82) is 0 Å². The lowest BCUT2D eigenvalue weighted by Crippen LogP contribution is -2.59. The number of carbonyl (C=O) groups is 8. The van der Waals surface area contributed by atoms with E-state index in [4.69, 9.17) is 11.5 Å². The zero-order chi connectivity index (χ0) is 49.7. The van der Waals surface area contributed by atoms with Gasteiger partial charge in [0.25, 0.3) is 0 Å². The van der Waals surface area contributed by atoms with Gasteiger partial charge in [0.15, 0.2) is 0 Å². The Balaban J connectivity index is 1.27. The van der Waals surface area contributed by atoms with Crippen LogP contribution in [0.2, 0.25) is 0 Å². The van der Waals surface area contributed by atoms with Gasteiger partial charge in [0, 0.05) is 25.7 Å². The molecule has 1 fully saturated rings. The van der Waals surface area contributed by atoms with Crippen LogP contribution in [0.25, 0.3) is 0 Å². The molecule has 0 spiro atoms. The Hall–Kier alpha value is -5.84. The number of amides is 7. The van der Waals surface area contributed by atoms with Gasteiger partial charge < -0.3 is 48.3 Å². The second kappa shape index (κ2) is 32.0. The summed E-state index contributed by atoms with van der Waals surface area (Å²) < 4.78 is 0. The van der Waals surface area contributed by atoms with Crippen LogP contribution in [0.15, 0.2) is 60.7 Å². The van der Waals surface area contributed by atoms with Gasteiger partial charge in [0.1, 0.15) is 30.2 Å². The van der Waals surface area contributed by atoms with Crippen molar-refractivity contribution in [1.82, 2.24) is 26.6 Å². The molecule has 0 saturated heterocycles. The summed E-state index contributed by atoms with van der Waals surface area (Å²) in [7, 11) is 0. The highest BCUT2D eigenvalue weighted by Gasteiger charge is 2.33. The smallest absolute Gasteiger partial charge is 0.326 e. The van der Waals surface area contributed by atoms with E-state index in [0.717, 1.165) is 107 Å². The van der Waals surface area contributed by atoms with Gasteiger partial charge >= 0.3 is 5.97 Å². The third kappa shape index (κ3) is 23.3. The zero-order valence-corrected chi connectivity index (χ0v) is 39.9. The number of hydrogen-bond acceptors (Lipinski definition) is 9. The number of aliphatic carboxylic acids is 1. The minimum Gasteiger partial charge on any atom is -0.480 e. The van der Waals surface area contributed by atoms with Crippen LogP contribution in [0.1, 0.15) is 153 Å². The average Bonchev–Trinajstić information content (AvgIpc) is 3.30. The maximum atomic E-state index is 13.6. The van der Waals surface area contributed by atoms with Crippen molar-refractivity contribution < 1.29 is 48.6 Å². The van der Waals surface area contributed by atoms with E-state index in [-0.39, 0.29) is 37.5 Å². The fourth-order valence-corrected chi connectivity index (χ4v) is 8.56. The molecule has 0 aromatic heterocycles. The molecule has 11 N–H and O–H groups in total. The number of rotatable bonds is 34. The van der Waals surface area contributed by atoms with Crippen molar-refractivity contribution in [3.63, 3.8) is 0 Å². The molecule has 0 aliphatic heterocycles. The van der Waals surface area contributed by atoms with E-state index in [0.29, 0.717) is 19.3 Å². The van der Waals surface area contributed by atoms with Crippen LogP contribution >= 0.6 is 0 Å². The highest BCUT2D eigenvalue weighted by atomic mass is 16.4. The first kappa shape index (κ1) is 56.5. The van der Waals surface area contributed by atoms with Gasteiger partial charge in [-0.25, -0.2) is 4.79 Å². The summed E-state index contributed by atoms with van der Waals surface area (Å²) in [5, 5.41) is 33.2. The van der Waals surface area contributed by atoms with Crippen LogP contribution in [0.5, 0.6) is 0 Å². The van der Waals surface area contributed by atoms with Gasteiger partial charge in [-0.15, -0.1) is 0 Å². The first-order chi connectivity index (χ1) is 32.6. The van der Waals surface area contributed by atoms with E-state index in [1.54, 1.807) is 30.3 Å². The molecule has 1 unspecified atom stereocenters. The second-order valence-electron chi connectivity index (χ2n) is 18.4. The summed E-state index contributed by atoms with van der Waals surface area (Å²) >= 11 is 0. The molecular weight excluding hydrogens is 871 g/mol. The van der Waals surface area contributed by atoms with Crippen molar-refractivity contribution in [2.75, 3.05) is 0 Å². The Bertz CT molecular complexity index is 1880. The lowest BCUT2D eigenvalue weighted by atomic mass is 9.84. The van der Waals surface area contributed by atoms with Crippen LogP contribution in [-0.2, 0) is 51.2 Å². The molecule has 7 amide bonds. The number of nitrogens with one attached hydrogen (secondary N) is 5. The molecule has 68 heavy (non-hydrogen) atoms. The molecular formula is C51H77N7O10. The number of aliphatic hydroxyl groups excluding tert-OH is 1. The molecule has 1 saturated carbocycles. The Labute approximate surface area is 401 Å². The second-order valence-corrected chi connectivity index (χ2v) is 18.4. The fourth-order valence-electron chi connectivity index (χ4n) is 8.56. The lowest BCUT2D eigenvalue weighted by molar-refractivity contribution is -0.142. The Morgan fingerprint density at radius 1 is 0.529 bits per heavy atom. The first-order valence-corrected chi connectivity index (χ1v) is 24.7. The number of aliphatic hydroxyl groups is 1. The van der Waals surface area contributed by atoms with Crippen LogP contribution in [0, 0.1) is 5.92 Å². The van der Waals surface area contributed by atoms with Gasteiger partial charge in [0.2, 0.25) is 41.4 Å². The molecule has 1 aliphatic carbocycles. The Kier molecular flexibility index (Phi) is 26.6. The van der Waals surface area contributed by atoms with Crippen LogP contribution in [0.3, 0.4) is 0 Å². The molecule has 0 heterocycles. The summed E-state index contributed by atoms with van der Waals surface area (Å²) in [6.45, 7) is 1.42. The van der Waals surface area contributed by atoms with E-state index in [1.807, 2.05) is 30.3 Å². The number of carboxylic acid groups (broad SMARTS) is 1. The SMILES string of the molecule is CC(O)[C@H](NC(=O)CCCCCCCCCCCCCCC(=O)N[C@H](CC(=O)N[C@@H](Cc1ccccc1)C(=O)O)C(N)=O)C(=O)N[C@H](CC1CCCCC1)C(=O)N[C@@H](Cc1ccccc1)C(N)=O. The Morgan fingerprint density at radius 3 is 1.41 bits per heavy atom. The van der Waals surface area contributed by atoms with Crippen molar-refractivity contribution in [3.05, 3.63) is 71.8 Å². The molecule has 376 valence electrons. The number of carboxylic acids is 1. The maximum Gasteiger partial charge on any atom is 0.326 e. The third-order valence-electron chi connectivity index (χ3n) is 12.5. The van der Waals surface area contributed by atoms with Crippen molar-refractivity contribution in [2.45, 2.75) is 191 Å². The van der Waals surface area contributed by atoms with Crippen molar-refractivity contribution >= 4 is 47.3 Å². The summed E-state index contributed by atoms with van der Waals surface area (Å²) in [4.78, 5) is 101. The largest absolute Gasteiger partial charge is 0.480 e.